The summed E-state index contributed by atoms with van der Waals surface area (Å²) in [7, 11) is -3.79. The predicted molar refractivity (Wildman–Crippen MR) is 77.4 cm³/mol. The zero-order valence-electron chi connectivity index (χ0n) is 9.66. The fourth-order valence-electron chi connectivity index (χ4n) is 1.37. The molecular weight excluding hydrogens is 396 g/mol. The summed E-state index contributed by atoms with van der Waals surface area (Å²) < 4.78 is 52.8. The van der Waals surface area contributed by atoms with Crippen molar-refractivity contribution in [1.82, 2.24) is 4.72 Å². The van der Waals surface area contributed by atoms with Gasteiger partial charge in [-0.05, 0) is 28.1 Å². The number of halogens is 4. The Kier molecular flexibility index (Phi) is 4.80. The largest absolute Gasteiger partial charge is 0.250 e. The third-order valence-corrected chi connectivity index (χ3v) is 6.70. The Morgan fingerprint density at radius 3 is 2.55 bits per heavy atom. The van der Waals surface area contributed by atoms with Crippen molar-refractivity contribution < 1.29 is 17.2 Å². The van der Waals surface area contributed by atoms with Gasteiger partial charge in [-0.2, -0.15) is 0 Å². The molecule has 0 atom stereocenters. The molecule has 20 heavy (non-hydrogen) atoms. The molecule has 0 unspecified atom stereocenters. The van der Waals surface area contributed by atoms with Gasteiger partial charge in [-0.25, -0.2) is 21.9 Å². The molecule has 1 aromatic heterocycles. The van der Waals surface area contributed by atoms with E-state index in [1.54, 1.807) is 0 Å². The lowest BCUT2D eigenvalue weighted by Gasteiger charge is -2.06. The first-order chi connectivity index (χ1) is 9.29. The third kappa shape index (κ3) is 3.56. The van der Waals surface area contributed by atoms with Gasteiger partial charge in [-0.3, -0.25) is 0 Å². The molecular formula is C11H7BrClF2NO2S2. The Morgan fingerprint density at radius 1 is 1.30 bits per heavy atom. The van der Waals surface area contributed by atoms with E-state index in [9.17, 15) is 17.2 Å². The topological polar surface area (TPSA) is 46.2 Å². The lowest BCUT2D eigenvalue weighted by molar-refractivity contribution is 0.563. The van der Waals surface area contributed by atoms with Crippen molar-refractivity contribution in [2.45, 2.75) is 10.8 Å². The van der Waals surface area contributed by atoms with Gasteiger partial charge in [-0.1, -0.05) is 17.7 Å². The molecule has 0 spiro atoms. The summed E-state index contributed by atoms with van der Waals surface area (Å²) in [5.74, 6) is -1.53. The monoisotopic (exact) mass is 401 g/mol. The SMILES string of the molecule is O=S(=O)(NCc1ccc(F)cc1F)c1cc(Cl)c(Br)s1. The summed E-state index contributed by atoms with van der Waals surface area (Å²) in [6, 6.07) is 4.23. The third-order valence-electron chi connectivity index (χ3n) is 2.36. The van der Waals surface area contributed by atoms with E-state index >= 15 is 0 Å². The molecule has 0 saturated carbocycles. The minimum atomic E-state index is -3.79. The maximum atomic E-state index is 13.4. The van der Waals surface area contributed by atoms with Gasteiger partial charge in [0.2, 0.25) is 10.0 Å². The highest BCUT2D eigenvalue weighted by Gasteiger charge is 2.19. The number of hydrogen-bond acceptors (Lipinski definition) is 3. The molecule has 9 heteroatoms. The van der Waals surface area contributed by atoms with Crippen LogP contribution < -0.4 is 4.72 Å². The van der Waals surface area contributed by atoms with Crippen molar-refractivity contribution in [3.8, 4) is 0 Å². The van der Waals surface area contributed by atoms with E-state index in [0.717, 1.165) is 17.4 Å². The fourth-order valence-corrected chi connectivity index (χ4v) is 4.82. The summed E-state index contributed by atoms with van der Waals surface area (Å²) in [6.45, 7) is -0.276. The van der Waals surface area contributed by atoms with Gasteiger partial charge in [0, 0.05) is 18.2 Å². The quantitative estimate of drug-likeness (QED) is 0.842. The fraction of sp³-hybridized carbons (Fsp3) is 0.0909. The summed E-state index contributed by atoms with van der Waals surface area (Å²) in [5, 5.41) is 0.281. The first-order valence-corrected chi connectivity index (χ1v) is 8.65. The molecule has 2 aromatic rings. The van der Waals surface area contributed by atoms with Gasteiger partial charge in [0.05, 0.1) is 8.81 Å². The second kappa shape index (κ2) is 6.07. The Hall–Kier alpha value is -0.540. The highest BCUT2D eigenvalue weighted by atomic mass is 79.9. The first-order valence-electron chi connectivity index (χ1n) is 5.18. The van der Waals surface area contributed by atoms with Crippen molar-refractivity contribution >= 4 is 48.9 Å². The normalized spacial score (nSPS) is 11.8. The highest BCUT2D eigenvalue weighted by molar-refractivity contribution is 9.11. The molecule has 0 bridgehead atoms. The number of thiophene rings is 1. The van der Waals surface area contributed by atoms with Crippen molar-refractivity contribution in [2.75, 3.05) is 0 Å². The van der Waals surface area contributed by atoms with E-state index in [1.165, 1.54) is 12.1 Å². The zero-order valence-corrected chi connectivity index (χ0v) is 13.6. The molecule has 1 heterocycles. The van der Waals surface area contributed by atoms with Gasteiger partial charge >= 0.3 is 0 Å². The first kappa shape index (κ1) is 15.8. The Morgan fingerprint density at radius 2 is 2.00 bits per heavy atom. The van der Waals surface area contributed by atoms with Crippen molar-refractivity contribution in [3.05, 3.63) is 50.3 Å². The zero-order chi connectivity index (χ0) is 14.9. The van der Waals surface area contributed by atoms with Crippen molar-refractivity contribution in [1.29, 1.82) is 0 Å². The van der Waals surface area contributed by atoms with Gasteiger partial charge in [0.25, 0.3) is 0 Å². The van der Waals surface area contributed by atoms with Gasteiger partial charge < -0.3 is 0 Å². The highest BCUT2D eigenvalue weighted by Crippen LogP contribution is 2.34. The summed E-state index contributed by atoms with van der Waals surface area (Å²) in [4.78, 5) is 0. The molecule has 2 rings (SSSR count). The van der Waals surface area contributed by atoms with Crippen LogP contribution in [0.3, 0.4) is 0 Å². The van der Waals surface area contributed by atoms with Crippen LogP contribution in [0.25, 0.3) is 0 Å². The smallest absolute Gasteiger partial charge is 0.207 e. The number of benzene rings is 1. The maximum Gasteiger partial charge on any atom is 0.250 e. The van der Waals surface area contributed by atoms with E-state index < -0.39 is 21.7 Å². The minimum absolute atomic E-state index is 0.0110. The Bertz CT molecular complexity index is 729. The van der Waals surface area contributed by atoms with Gasteiger partial charge in [0.1, 0.15) is 15.8 Å². The Labute approximate surface area is 131 Å². The van der Waals surface area contributed by atoms with Crippen LogP contribution in [0.5, 0.6) is 0 Å². The summed E-state index contributed by atoms with van der Waals surface area (Å²) >= 11 is 9.83. The molecule has 1 aromatic carbocycles. The van der Waals surface area contributed by atoms with Crippen LogP contribution in [-0.4, -0.2) is 8.42 Å². The Balaban J connectivity index is 2.17. The minimum Gasteiger partial charge on any atom is -0.207 e. The second-order valence-electron chi connectivity index (χ2n) is 3.75. The number of sulfonamides is 1. The lowest BCUT2D eigenvalue weighted by atomic mass is 10.2. The molecule has 0 aliphatic heterocycles. The van der Waals surface area contributed by atoms with Crippen LogP contribution in [-0.2, 0) is 16.6 Å². The van der Waals surface area contributed by atoms with Crippen molar-refractivity contribution in [3.63, 3.8) is 0 Å². The van der Waals surface area contributed by atoms with Crippen molar-refractivity contribution in [2.24, 2.45) is 0 Å². The number of rotatable bonds is 4. The van der Waals surface area contributed by atoms with Crippen LogP contribution in [0, 0.1) is 11.6 Å². The molecule has 1 N–H and O–H groups in total. The average Bonchev–Trinajstić information content (AvgIpc) is 2.69. The molecule has 3 nitrogen and oxygen atoms in total. The molecule has 0 saturated heterocycles. The summed E-state index contributed by atoms with van der Waals surface area (Å²) in [6.07, 6.45) is 0. The van der Waals surface area contributed by atoms with E-state index in [0.29, 0.717) is 9.85 Å². The number of nitrogens with one attached hydrogen (secondary N) is 1. The molecule has 0 radical (unpaired) electrons. The standard InChI is InChI=1S/C11H7BrClF2NO2S2/c12-11-8(13)4-10(19-11)20(17,18)16-5-6-1-2-7(14)3-9(6)15/h1-4,16H,5H2. The van der Waals surface area contributed by atoms with Gasteiger partial charge in [0.15, 0.2) is 0 Å². The van der Waals surface area contributed by atoms with E-state index in [2.05, 4.69) is 20.7 Å². The van der Waals surface area contributed by atoms with E-state index in [-0.39, 0.29) is 21.3 Å². The van der Waals surface area contributed by atoms with Crippen LogP contribution in [0.15, 0.2) is 32.3 Å². The molecule has 108 valence electrons. The molecule has 0 aliphatic carbocycles. The van der Waals surface area contributed by atoms with Crippen LogP contribution >= 0.6 is 38.9 Å². The molecule has 0 fully saturated rings. The van der Waals surface area contributed by atoms with E-state index in [4.69, 9.17) is 11.6 Å². The predicted octanol–water partition coefficient (Wildman–Crippen LogP) is 3.92. The summed E-state index contributed by atoms with van der Waals surface area (Å²) in [5.41, 5.74) is 0.0525. The molecule has 0 amide bonds. The van der Waals surface area contributed by atoms with Crippen LogP contribution in [0.4, 0.5) is 8.78 Å². The number of hydrogen-bond donors (Lipinski definition) is 1. The van der Waals surface area contributed by atoms with Crippen LogP contribution in [0.2, 0.25) is 5.02 Å². The second-order valence-corrected chi connectivity index (χ2v) is 8.52. The average molecular weight is 403 g/mol. The lowest BCUT2D eigenvalue weighted by Crippen LogP contribution is -2.22. The molecule has 0 aliphatic rings. The van der Waals surface area contributed by atoms with E-state index in [1.807, 2.05) is 0 Å². The maximum absolute atomic E-state index is 13.4. The van der Waals surface area contributed by atoms with Crippen LogP contribution in [0.1, 0.15) is 5.56 Å². The van der Waals surface area contributed by atoms with Gasteiger partial charge in [-0.15, -0.1) is 11.3 Å².